The Labute approximate surface area is 153 Å². The number of hydrogen-bond donors (Lipinski definition) is 2. The van der Waals surface area contributed by atoms with Crippen LogP contribution in [0.3, 0.4) is 0 Å². The first-order chi connectivity index (χ1) is 12.3. The lowest BCUT2D eigenvalue weighted by Crippen LogP contribution is -2.48. The molecule has 1 amide bonds. The molecule has 1 aromatic heterocycles. The summed E-state index contributed by atoms with van der Waals surface area (Å²) in [5.41, 5.74) is 0.767. The highest BCUT2D eigenvalue weighted by molar-refractivity contribution is 5.89. The van der Waals surface area contributed by atoms with Gasteiger partial charge in [0.05, 0.1) is 7.11 Å². The second kappa shape index (κ2) is 8.58. The van der Waals surface area contributed by atoms with Gasteiger partial charge in [-0.3, -0.25) is 9.78 Å². The molecule has 0 aliphatic carbocycles. The van der Waals surface area contributed by atoms with Crippen LogP contribution in [-0.4, -0.2) is 34.7 Å². The zero-order chi connectivity index (χ0) is 19.2. The highest BCUT2D eigenvalue weighted by Gasteiger charge is 2.34. The van der Waals surface area contributed by atoms with E-state index in [0.717, 1.165) is 11.3 Å². The van der Waals surface area contributed by atoms with Gasteiger partial charge in [-0.25, -0.2) is 4.79 Å². The molecule has 0 saturated carbocycles. The number of pyridine rings is 1. The van der Waals surface area contributed by atoms with Crippen molar-refractivity contribution >= 4 is 11.9 Å². The smallest absolute Gasteiger partial charge is 0.333 e. The Balaban J connectivity index is 2.09. The number of ether oxygens (including phenoxy) is 1. The fourth-order valence-corrected chi connectivity index (χ4v) is 2.58. The topological polar surface area (TPSA) is 88.5 Å². The van der Waals surface area contributed by atoms with Crippen molar-refractivity contribution in [2.24, 2.45) is 0 Å². The first-order valence-corrected chi connectivity index (χ1v) is 8.42. The lowest BCUT2D eigenvalue weighted by atomic mass is 9.95. The number of aromatic nitrogens is 1. The quantitative estimate of drug-likeness (QED) is 0.742. The summed E-state index contributed by atoms with van der Waals surface area (Å²) < 4.78 is 4.78. The molecule has 0 saturated heterocycles. The number of nitrogens with zero attached hydrogens (tertiary/aromatic N) is 1. The summed E-state index contributed by atoms with van der Waals surface area (Å²) in [4.78, 5) is 28.9. The molecular weight excluding hydrogens is 332 g/mol. The van der Waals surface area contributed by atoms with Crippen molar-refractivity contribution in [3.05, 3.63) is 65.5 Å². The van der Waals surface area contributed by atoms with Crippen LogP contribution in [0.4, 0.5) is 0 Å². The number of aliphatic hydroxyl groups is 1. The number of nitrogens with one attached hydrogen (secondary N) is 1. The van der Waals surface area contributed by atoms with Gasteiger partial charge in [0.1, 0.15) is 5.60 Å². The minimum Gasteiger partial charge on any atom is -0.467 e. The first kappa shape index (κ1) is 19.6. The zero-order valence-corrected chi connectivity index (χ0v) is 15.2. The molecule has 2 aromatic rings. The molecule has 26 heavy (non-hydrogen) atoms. The van der Waals surface area contributed by atoms with E-state index in [2.05, 4.69) is 10.3 Å². The van der Waals surface area contributed by atoms with Gasteiger partial charge in [0, 0.05) is 11.9 Å². The highest BCUT2D eigenvalue weighted by Crippen LogP contribution is 2.19. The third-order valence-corrected chi connectivity index (χ3v) is 4.30. The SMILES string of the molecule is COC(=O)[C@H](NC(=O)[C@](C)(O)CCc1ncccc1C)c1ccccc1. The Morgan fingerprint density at radius 1 is 1.23 bits per heavy atom. The van der Waals surface area contributed by atoms with Gasteiger partial charge in [-0.15, -0.1) is 0 Å². The molecule has 138 valence electrons. The van der Waals surface area contributed by atoms with Gasteiger partial charge >= 0.3 is 5.97 Å². The lowest BCUT2D eigenvalue weighted by molar-refractivity contribution is -0.149. The Bertz CT molecular complexity index is 759. The normalized spacial score (nSPS) is 14.2. The van der Waals surface area contributed by atoms with E-state index in [1.807, 2.05) is 25.1 Å². The number of hydrogen-bond acceptors (Lipinski definition) is 5. The van der Waals surface area contributed by atoms with E-state index < -0.39 is 23.5 Å². The van der Waals surface area contributed by atoms with Crippen molar-refractivity contribution in [2.75, 3.05) is 7.11 Å². The number of amides is 1. The van der Waals surface area contributed by atoms with Crippen LogP contribution in [0.5, 0.6) is 0 Å². The molecule has 0 radical (unpaired) electrons. The molecule has 0 spiro atoms. The third-order valence-electron chi connectivity index (χ3n) is 4.30. The number of carbonyl (C=O) groups is 2. The molecule has 1 aromatic carbocycles. The molecule has 0 aliphatic rings. The fraction of sp³-hybridized carbons (Fsp3) is 0.350. The van der Waals surface area contributed by atoms with Gasteiger partial charge in [-0.1, -0.05) is 36.4 Å². The standard InChI is InChI=1S/C20H24N2O4/c1-14-8-7-13-21-16(14)11-12-20(2,25)19(24)22-17(18(23)26-3)15-9-5-4-6-10-15/h4-10,13,17,25H,11-12H2,1-3H3,(H,22,24)/t17-,20-/m1/s1. The molecule has 0 bridgehead atoms. The minimum absolute atomic E-state index is 0.180. The Morgan fingerprint density at radius 2 is 1.92 bits per heavy atom. The van der Waals surface area contributed by atoms with Crippen LogP contribution in [0, 0.1) is 6.92 Å². The van der Waals surface area contributed by atoms with Crippen LogP contribution < -0.4 is 5.32 Å². The molecule has 6 nitrogen and oxygen atoms in total. The maximum atomic E-state index is 12.6. The molecule has 0 fully saturated rings. The molecule has 6 heteroatoms. The minimum atomic E-state index is -1.65. The second-order valence-electron chi connectivity index (χ2n) is 6.38. The van der Waals surface area contributed by atoms with Gasteiger partial charge in [0.2, 0.25) is 0 Å². The van der Waals surface area contributed by atoms with Gasteiger partial charge in [-0.05, 0) is 43.9 Å². The maximum Gasteiger partial charge on any atom is 0.333 e. The zero-order valence-electron chi connectivity index (χ0n) is 15.2. The average molecular weight is 356 g/mol. The summed E-state index contributed by atoms with van der Waals surface area (Å²) in [6.45, 7) is 3.36. The van der Waals surface area contributed by atoms with Crippen LogP contribution in [0.2, 0.25) is 0 Å². The Kier molecular flexibility index (Phi) is 6.46. The van der Waals surface area contributed by atoms with Gasteiger partial charge in [0.25, 0.3) is 5.91 Å². The molecule has 2 N–H and O–H groups in total. The summed E-state index contributed by atoms with van der Waals surface area (Å²) >= 11 is 0. The number of esters is 1. The van der Waals surface area contributed by atoms with Crippen molar-refractivity contribution in [2.45, 2.75) is 38.3 Å². The average Bonchev–Trinajstić information content (AvgIpc) is 2.65. The van der Waals surface area contributed by atoms with E-state index in [1.165, 1.54) is 14.0 Å². The molecule has 2 rings (SSSR count). The lowest BCUT2D eigenvalue weighted by Gasteiger charge is -2.25. The highest BCUT2D eigenvalue weighted by atomic mass is 16.5. The number of aryl methyl sites for hydroxylation is 2. The van der Waals surface area contributed by atoms with Crippen LogP contribution >= 0.6 is 0 Å². The van der Waals surface area contributed by atoms with Crippen molar-refractivity contribution < 1.29 is 19.4 Å². The van der Waals surface area contributed by atoms with Gasteiger partial charge in [-0.2, -0.15) is 0 Å². The van der Waals surface area contributed by atoms with Crippen LogP contribution in [0.25, 0.3) is 0 Å². The summed E-state index contributed by atoms with van der Waals surface area (Å²) in [6.07, 6.45) is 2.31. The van der Waals surface area contributed by atoms with Crippen LogP contribution in [-0.2, 0) is 20.7 Å². The summed E-state index contributed by atoms with van der Waals surface area (Å²) in [7, 11) is 1.26. The van der Waals surface area contributed by atoms with Crippen LogP contribution in [0.15, 0.2) is 48.7 Å². The van der Waals surface area contributed by atoms with E-state index in [9.17, 15) is 14.7 Å². The first-order valence-electron chi connectivity index (χ1n) is 8.42. The summed E-state index contributed by atoms with van der Waals surface area (Å²) in [5, 5.41) is 13.2. The molecule has 0 aliphatic heterocycles. The fourth-order valence-electron chi connectivity index (χ4n) is 2.58. The summed E-state index contributed by atoms with van der Waals surface area (Å²) in [5.74, 6) is -1.23. The largest absolute Gasteiger partial charge is 0.467 e. The Hall–Kier alpha value is -2.73. The van der Waals surface area contributed by atoms with Gasteiger partial charge < -0.3 is 15.2 Å². The van der Waals surface area contributed by atoms with Crippen LogP contribution in [0.1, 0.15) is 36.2 Å². The molecular formula is C20H24N2O4. The maximum absolute atomic E-state index is 12.6. The molecule has 2 atom stereocenters. The predicted octanol–water partition coefficient (Wildman–Crippen LogP) is 2.10. The third kappa shape index (κ3) is 4.89. The number of methoxy groups -OCH3 is 1. The Morgan fingerprint density at radius 3 is 2.54 bits per heavy atom. The van der Waals surface area contributed by atoms with E-state index in [-0.39, 0.29) is 6.42 Å². The number of carbonyl (C=O) groups excluding carboxylic acids is 2. The molecule has 0 unspecified atom stereocenters. The van der Waals surface area contributed by atoms with E-state index in [4.69, 9.17) is 4.74 Å². The van der Waals surface area contributed by atoms with Crippen molar-refractivity contribution in [1.82, 2.24) is 10.3 Å². The predicted molar refractivity (Wildman–Crippen MR) is 97.3 cm³/mol. The van der Waals surface area contributed by atoms with E-state index >= 15 is 0 Å². The van der Waals surface area contributed by atoms with E-state index in [0.29, 0.717) is 12.0 Å². The van der Waals surface area contributed by atoms with Crippen molar-refractivity contribution in [3.63, 3.8) is 0 Å². The number of benzene rings is 1. The summed E-state index contributed by atoms with van der Waals surface area (Å²) in [6, 6.07) is 11.6. The van der Waals surface area contributed by atoms with Gasteiger partial charge in [0.15, 0.2) is 6.04 Å². The second-order valence-corrected chi connectivity index (χ2v) is 6.38. The van der Waals surface area contributed by atoms with Crippen molar-refractivity contribution in [1.29, 1.82) is 0 Å². The monoisotopic (exact) mass is 356 g/mol. The van der Waals surface area contributed by atoms with E-state index in [1.54, 1.807) is 30.5 Å². The number of rotatable bonds is 7. The van der Waals surface area contributed by atoms with Crippen molar-refractivity contribution in [3.8, 4) is 0 Å². The molecule has 1 heterocycles.